The van der Waals surface area contributed by atoms with Gasteiger partial charge in [0, 0.05) is 5.02 Å². The Hall–Kier alpha value is -2.84. The van der Waals surface area contributed by atoms with E-state index in [4.69, 9.17) is 17.3 Å². The highest BCUT2D eigenvalue weighted by molar-refractivity contribution is 8.00. The van der Waals surface area contributed by atoms with Gasteiger partial charge < -0.3 is 5.73 Å². The monoisotopic (exact) mass is 444 g/mol. The second-order valence-corrected chi connectivity index (χ2v) is 8.59. The standard InChI is InChI=1S/C21H21ClN4O3S/c1-11(2)17(18(27)25-20(23)29)30-21-24-15-9-5-4-7-13(15)19(28)26(21)16-10-6-8-14(22)12(16)3/h4-11,17H,1-3H3,(H3,23,25,27,29). The summed E-state index contributed by atoms with van der Waals surface area (Å²) in [5.41, 5.74) is 6.64. The number of carbonyl (C=O) groups is 2. The van der Waals surface area contributed by atoms with Crippen molar-refractivity contribution in [1.29, 1.82) is 0 Å². The zero-order valence-electron chi connectivity index (χ0n) is 16.7. The molecule has 0 aliphatic carbocycles. The quantitative estimate of drug-likeness (QED) is 0.461. The van der Waals surface area contributed by atoms with Gasteiger partial charge in [0.05, 0.1) is 21.8 Å². The van der Waals surface area contributed by atoms with E-state index in [1.54, 1.807) is 42.5 Å². The molecule has 0 aliphatic heterocycles. The lowest BCUT2D eigenvalue weighted by atomic mass is 10.1. The lowest BCUT2D eigenvalue weighted by Gasteiger charge is -2.21. The van der Waals surface area contributed by atoms with Crippen molar-refractivity contribution < 1.29 is 9.59 Å². The summed E-state index contributed by atoms with van der Waals surface area (Å²) in [6.45, 7) is 5.49. The number of thioether (sulfide) groups is 1. The van der Waals surface area contributed by atoms with Gasteiger partial charge in [0.1, 0.15) is 0 Å². The van der Waals surface area contributed by atoms with Gasteiger partial charge >= 0.3 is 6.03 Å². The van der Waals surface area contributed by atoms with Crippen LogP contribution >= 0.6 is 23.4 Å². The maximum Gasteiger partial charge on any atom is 0.318 e. The SMILES string of the molecule is Cc1c(Cl)cccc1-n1c(SC(C(=O)NC(N)=O)C(C)C)nc2ccccc2c1=O. The topological polar surface area (TPSA) is 107 Å². The van der Waals surface area contributed by atoms with Crippen LogP contribution in [0.2, 0.25) is 5.02 Å². The van der Waals surface area contributed by atoms with Crippen LogP contribution in [0.25, 0.3) is 16.6 Å². The third kappa shape index (κ3) is 4.34. The number of nitrogens with two attached hydrogens (primary N) is 1. The molecule has 9 heteroatoms. The maximum absolute atomic E-state index is 13.4. The maximum atomic E-state index is 13.4. The average molecular weight is 445 g/mol. The Balaban J connectivity index is 2.24. The zero-order chi connectivity index (χ0) is 22.0. The second kappa shape index (κ2) is 8.89. The molecule has 3 rings (SSSR count). The molecule has 1 heterocycles. The van der Waals surface area contributed by atoms with Crippen LogP contribution in [0.1, 0.15) is 19.4 Å². The minimum atomic E-state index is -0.930. The number of urea groups is 1. The molecule has 30 heavy (non-hydrogen) atoms. The van der Waals surface area contributed by atoms with Crippen LogP contribution < -0.4 is 16.6 Å². The molecular formula is C21H21ClN4O3S. The normalized spacial score (nSPS) is 12.2. The van der Waals surface area contributed by atoms with Gasteiger partial charge in [0.15, 0.2) is 5.16 Å². The lowest BCUT2D eigenvalue weighted by Crippen LogP contribution is -2.42. The molecule has 1 unspecified atom stereocenters. The fourth-order valence-electron chi connectivity index (χ4n) is 3.04. The summed E-state index contributed by atoms with van der Waals surface area (Å²) in [4.78, 5) is 41.8. The summed E-state index contributed by atoms with van der Waals surface area (Å²) in [5.74, 6) is -0.703. The first-order valence-corrected chi connectivity index (χ1v) is 10.5. The number of hydrogen-bond acceptors (Lipinski definition) is 5. The molecule has 156 valence electrons. The van der Waals surface area contributed by atoms with Gasteiger partial charge in [-0.3, -0.25) is 19.5 Å². The van der Waals surface area contributed by atoms with Gasteiger partial charge in [-0.2, -0.15) is 0 Å². The van der Waals surface area contributed by atoms with Crippen molar-refractivity contribution in [2.24, 2.45) is 11.7 Å². The molecule has 3 aromatic rings. The Morgan fingerprint density at radius 1 is 1.17 bits per heavy atom. The molecular weight excluding hydrogens is 424 g/mol. The minimum absolute atomic E-state index is 0.161. The van der Waals surface area contributed by atoms with E-state index in [1.807, 2.05) is 20.8 Å². The number of carbonyl (C=O) groups excluding carboxylic acids is 2. The van der Waals surface area contributed by atoms with Crippen LogP contribution in [0.3, 0.4) is 0 Å². The van der Waals surface area contributed by atoms with Crippen molar-refractivity contribution in [2.45, 2.75) is 31.2 Å². The van der Waals surface area contributed by atoms with Crippen LogP contribution in [0.5, 0.6) is 0 Å². The summed E-state index contributed by atoms with van der Waals surface area (Å²) in [7, 11) is 0. The molecule has 0 fully saturated rings. The lowest BCUT2D eigenvalue weighted by molar-refractivity contribution is -0.120. The van der Waals surface area contributed by atoms with Gasteiger partial charge in [-0.25, -0.2) is 9.78 Å². The number of rotatable bonds is 5. The van der Waals surface area contributed by atoms with E-state index >= 15 is 0 Å². The molecule has 0 spiro atoms. The number of halogens is 1. The van der Waals surface area contributed by atoms with Crippen LogP contribution in [0.15, 0.2) is 52.4 Å². The molecule has 0 aliphatic rings. The minimum Gasteiger partial charge on any atom is -0.351 e. The van der Waals surface area contributed by atoms with E-state index in [0.717, 1.165) is 11.8 Å². The van der Waals surface area contributed by atoms with E-state index in [0.29, 0.717) is 32.3 Å². The molecule has 3 amide bonds. The number of amides is 3. The van der Waals surface area contributed by atoms with Gasteiger partial charge in [0.2, 0.25) is 5.91 Å². The van der Waals surface area contributed by atoms with E-state index < -0.39 is 17.2 Å². The zero-order valence-corrected chi connectivity index (χ0v) is 18.3. The van der Waals surface area contributed by atoms with Crippen LogP contribution in [0, 0.1) is 12.8 Å². The number of nitrogens with zero attached hydrogens (tertiary/aromatic N) is 2. The van der Waals surface area contributed by atoms with Crippen molar-refractivity contribution in [3.63, 3.8) is 0 Å². The molecule has 0 radical (unpaired) electrons. The fourth-order valence-corrected chi connectivity index (χ4v) is 4.31. The first-order valence-electron chi connectivity index (χ1n) is 9.25. The summed E-state index contributed by atoms with van der Waals surface area (Å²) >= 11 is 7.39. The molecule has 7 nitrogen and oxygen atoms in total. The van der Waals surface area contributed by atoms with Gasteiger partial charge in [-0.1, -0.05) is 55.4 Å². The van der Waals surface area contributed by atoms with Crippen molar-refractivity contribution >= 4 is 46.2 Å². The molecule has 0 saturated carbocycles. The van der Waals surface area contributed by atoms with E-state index in [9.17, 15) is 14.4 Å². The number of benzene rings is 2. The number of imide groups is 1. The number of fused-ring (bicyclic) bond motifs is 1. The second-order valence-electron chi connectivity index (χ2n) is 7.07. The molecule has 1 aromatic heterocycles. The van der Waals surface area contributed by atoms with Gasteiger partial charge in [-0.15, -0.1) is 0 Å². The third-order valence-corrected chi connectivity index (χ3v) is 6.47. The van der Waals surface area contributed by atoms with Crippen LogP contribution in [-0.4, -0.2) is 26.7 Å². The predicted molar refractivity (Wildman–Crippen MR) is 119 cm³/mol. The van der Waals surface area contributed by atoms with Gasteiger partial charge in [0.25, 0.3) is 5.56 Å². The highest BCUT2D eigenvalue weighted by atomic mass is 35.5. The summed E-state index contributed by atoms with van der Waals surface area (Å²) in [5, 5.41) is 2.70. The predicted octanol–water partition coefficient (Wildman–Crippen LogP) is 3.66. The van der Waals surface area contributed by atoms with Crippen LogP contribution in [0.4, 0.5) is 4.79 Å². The number of para-hydroxylation sites is 1. The first kappa shape index (κ1) is 21.9. The third-order valence-electron chi connectivity index (χ3n) is 4.57. The van der Waals surface area contributed by atoms with E-state index in [1.165, 1.54) is 4.57 Å². The molecule has 2 aromatic carbocycles. The number of primary amides is 1. The summed E-state index contributed by atoms with van der Waals surface area (Å²) in [6, 6.07) is 11.3. The molecule has 1 atom stereocenters. The average Bonchev–Trinajstić information content (AvgIpc) is 2.68. The number of hydrogen-bond donors (Lipinski definition) is 2. The Morgan fingerprint density at radius 3 is 2.53 bits per heavy atom. The van der Waals surface area contributed by atoms with Crippen molar-refractivity contribution in [2.75, 3.05) is 0 Å². The van der Waals surface area contributed by atoms with Crippen molar-refractivity contribution in [3.05, 3.63) is 63.4 Å². The largest absolute Gasteiger partial charge is 0.351 e. The summed E-state index contributed by atoms with van der Waals surface area (Å²) < 4.78 is 1.46. The highest BCUT2D eigenvalue weighted by Crippen LogP contribution is 2.31. The molecule has 3 N–H and O–H groups in total. The highest BCUT2D eigenvalue weighted by Gasteiger charge is 2.28. The number of aromatic nitrogens is 2. The van der Waals surface area contributed by atoms with Crippen molar-refractivity contribution in [3.8, 4) is 5.69 Å². The molecule has 0 saturated heterocycles. The smallest absolute Gasteiger partial charge is 0.318 e. The Labute approximate surface area is 182 Å². The van der Waals surface area contributed by atoms with E-state index in [2.05, 4.69) is 10.3 Å². The Bertz CT molecular complexity index is 1190. The Morgan fingerprint density at radius 2 is 1.87 bits per heavy atom. The Kier molecular flexibility index (Phi) is 6.48. The number of nitrogens with one attached hydrogen (secondary N) is 1. The fraction of sp³-hybridized carbons (Fsp3) is 0.238. The van der Waals surface area contributed by atoms with E-state index in [-0.39, 0.29) is 11.5 Å². The van der Waals surface area contributed by atoms with Gasteiger partial charge in [-0.05, 0) is 42.7 Å². The first-order chi connectivity index (χ1) is 14.2. The molecule has 0 bridgehead atoms. The van der Waals surface area contributed by atoms with Crippen molar-refractivity contribution in [1.82, 2.24) is 14.9 Å². The summed E-state index contributed by atoms with van der Waals surface area (Å²) in [6.07, 6.45) is 0. The van der Waals surface area contributed by atoms with Crippen LogP contribution in [-0.2, 0) is 4.79 Å².